The highest BCUT2D eigenvalue weighted by Crippen LogP contribution is 2.35. The molecule has 224 valence electrons. The second kappa shape index (κ2) is 12.2. The molecule has 2 aliphatic rings. The molecule has 9 nitrogen and oxygen atoms in total. The fourth-order valence-corrected chi connectivity index (χ4v) is 5.15. The molecule has 2 N–H and O–H groups in total. The third-order valence-corrected chi connectivity index (χ3v) is 7.47. The Morgan fingerprint density at radius 3 is 2.50 bits per heavy atom. The molecule has 0 radical (unpaired) electrons. The van der Waals surface area contributed by atoms with E-state index in [2.05, 4.69) is 20.5 Å². The van der Waals surface area contributed by atoms with E-state index in [1.54, 1.807) is 28.8 Å². The van der Waals surface area contributed by atoms with Crippen molar-refractivity contribution in [1.82, 2.24) is 14.8 Å². The zero-order valence-electron chi connectivity index (χ0n) is 23.2. The Bertz CT molecular complexity index is 1410. The van der Waals surface area contributed by atoms with Crippen molar-refractivity contribution in [3.05, 3.63) is 59.4 Å². The zero-order chi connectivity index (χ0) is 30.0. The molecule has 2 fully saturated rings. The SMILES string of the molecule is Cc1cc(N2CCN(B(F)Nc3ccccc3F)CC2)ncc1NC(=O)c1oc(N2CCCC(C)C2)nc1C(F)(F)F. The number of benzene rings is 1. The van der Waals surface area contributed by atoms with Crippen LogP contribution in [0, 0.1) is 18.7 Å². The largest absolute Gasteiger partial charge is 0.551 e. The van der Waals surface area contributed by atoms with Crippen LogP contribution in [0.3, 0.4) is 0 Å². The number of pyridine rings is 1. The minimum atomic E-state index is -4.88. The van der Waals surface area contributed by atoms with Crippen LogP contribution in [0.4, 0.5) is 45.1 Å². The topological polar surface area (TPSA) is 89.8 Å². The van der Waals surface area contributed by atoms with Crippen molar-refractivity contribution in [2.45, 2.75) is 32.9 Å². The number of para-hydroxylation sites is 1. The number of anilines is 4. The standard InChI is InChI=1S/C27H31BF5N7O2/c1-17-6-5-9-39(16-17)26-36-24(27(30,31)32)23(42-26)25(41)35-21-15-34-22(14-18(21)2)38-10-12-40(13-11-38)28(33)37-20-8-4-3-7-19(20)29/h3-4,7-8,14-15,17,37H,5-6,9-13,16H2,1-2H3,(H,35,41). The number of aryl methyl sites for hydroxylation is 1. The van der Waals surface area contributed by atoms with Gasteiger partial charge in [-0.25, -0.2) is 9.37 Å². The molecule has 1 unspecified atom stereocenters. The van der Waals surface area contributed by atoms with Crippen LogP contribution in [0.2, 0.25) is 0 Å². The van der Waals surface area contributed by atoms with E-state index in [1.807, 2.05) is 11.8 Å². The molecule has 2 aromatic heterocycles. The maximum Gasteiger partial charge on any atom is 0.551 e. The lowest BCUT2D eigenvalue weighted by Crippen LogP contribution is -2.54. The van der Waals surface area contributed by atoms with E-state index in [9.17, 15) is 26.7 Å². The highest BCUT2D eigenvalue weighted by atomic mass is 19.4. The van der Waals surface area contributed by atoms with Crippen molar-refractivity contribution >= 4 is 36.4 Å². The van der Waals surface area contributed by atoms with Crippen molar-refractivity contribution in [2.75, 3.05) is 59.6 Å². The minimum absolute atomic E-state index is 0.0763. The number of aromatic nitrogens is 2. The van der Waals surface area contributed by atoms with Gasteiger partial charge in [0.25, 0.3) is 11.9 Å². The molecular weight excluding hydrogens is 560 g/mol. The summed E-state index contributed by atoms with van der Waals surface area (Å²) in [7, 11) is -1.58. The first-order valence-corrected chi connectivity index (χ1v) is 13.7. The first-order chi connectivity index (χ1) is 20.0. The van der Waals surface area contributed by atoms with E-state index in [0.717, 1.165) is 12.8 Å². The number of nitrogens with one attached hydrogen (secondary N) is 2. The Labute approximate surface area is 240 Å². The Morgan fingerprint density at radius 2 is 1.83 bits per heavy atom. The van der Waals surface area contributed by atoms with Gasteiger partial charge in [0.05, 0.1) is 17.6 Å². The minimum Gasteiger partial charge on any atom is -0.417 e. The number of carbonyl (C=O) groups is 1. The Kier molecular flexibility index (Phi) is 8.57. The Hall–Kier alpha value is -3.88. The molecule has 42 heavy (non-hydrogen) atoms. The Balaban J connectivity index is 1.23. The summed E-state index contributed by atoms with van der Waals surface area (Å²) in [5.74, 6) is -1.68. The predicted molar refractivity (Wildman–Crippen MR) is 150 cm³/mol. The fraction of sp³-hybridized carbons (Fsp3) is 0.444. The summed E-state index contributed by atoms with van der Waals surface area (Å²) in [6.07, 6.45) is -1.77. The van der Waals surface area contributed by atoms with Gasteiger partial charge in [-0.3, -0.25) is 13.9 Å². The quantitative estimate of drug-likeness (QED) is 0.286. The number of halogens is 5. The van der Waals surface area contributed by atoms with Crippen molar-refractivity contribution in [3.8, 4) is 0 Å². The van der Waals surface area contributed by atoms with Crippen LogP contribution >= 0.6 is 0 Å². The van der Waals surface area contributed by atoms with Crippen LogP contribution in [0.15, 0.2) is 40.9 Å². The number of carbonyl (C=O) groups excluding carboxylic acids is 1. The van der Waals surface area contributed by atoms with Crippen molar-refractivity contribution in [1.29, 1.82) is 0 Å². The normalized spacial score (nSPS) is 18.2. The lowest BCUT2D eigenvalue weighted by molar-refractivity contribution is -0.141. The monoisotopic (exact) mass is 591 g/mol. The number of piperazine rings is 1. The summed E-state index contributed by atoms with van der Waals surface area (Å²) in [5.41, 5.74) is -0.507. The molecule has 1 amide bonds. The van der Waals surface area contributed by atoms with Gasteiger partial charge in [-0.15, -0.1) is 0 Å². The highest BCUT2D eigenvalue weighted by molar-refractivity contribution is 6.52. The third kappa shape index (κ3) is 6.61. The number of oxazole rings is 1. The molecule has 4 heterocycles. The number of amides is 1. The smallest absolute Gasteiger partial charge is 0.417 e. The van der Waals surface area contributed by atoms with Gasteiger partial charge in [-0.1, -0.05) is 19.1 Å². The van der Waals surface area contributed by atoms with E-state index in [0.29, 0.717) is 50.6 Å². The van der Waals surface area contributed by atoms with Gasteiger partial charge in [0.1, 0.15) is 11.6 Å². The van der Waals surface area contributed by atoms with Gasteiger partial charge in [-0.05, 0) is 49.4 Å². The molecule has 15 heteroatoms. The molecule has 3 aromatic rings. The molecule has 1 aromatic carbocycles. The zero-order valence-corrected chi connectivity index (χ0v) is 23.2. The van der Waals surface area contributed by atoms with E-state index < -0.39 is 36.6 Å². The molecule has 2 saturated heterocycles. The lowest BCUT2D eigenvalue weighted by atomic mass is 9.98. The fourth-order valence-electron chi connectivity index (χ4n) is 5.15. The second-order valence-corrected chi connectivity index (χ2v) is 10.7. The number of hydrogen-bond donors (Lipinski definition) is 2. The first kappa shape index (κ1) is 29.6. The molecule has 0 bridgehead atoms. The maximum absolute atomic E-state index is 14.8. The molecule has 0 saturated carbocycles. The number of rotatable bonds is 7. The summed E-state index contributed by atoms with van der Waals surface area (Å²) < 4.78 is 75.3. The van der Waals surface area contributed by atoms with Crippen LogP contribution in [-0.2, 0) is 6.18 Å². The number of nitrogens with zero attached hydrogens (tertiary/aromatic N) is 5. The van der Waals surface area contributed by atoms with Gasteiger partial charge >= 0.3 is 13.4 Å². The maximum atomic E-state index is 14.8. The molecule has 2 aliphatic heterocycles. The lowest BCUT2D eigenvalue weighted by Gasteiger charge is -2.36. The van der Waals surface area contributed by atoms with Crippen LogP contribution < -0.4 is 20.3 Å². The number of piperidine rings is 1. The van der Waals surface area contributed by atoms with Crippen LogP contribution in [0.5, 0.6) is 0 Å². The van der Waals surface area contributed by atoms with Gasteiger partial charge in [0, 0.05) is 39.3 Å². The van der Waals surface area contributed by atoms with E-state index in [4.69, 9.17) is 4.42 Å². The first-order valence-electron chi connectivity index (χ1n) is 13.7. The predicted octanol–water partition coefficient (Wildman–Crippen LogP) is 5.21. The van der Waals surface area contributed by atoms with Gasteiger partial charge in [0.2, 0.25) is 5.76 Å². The average Bonchev–Trinajstić information content (AvgIpc) is 3.42. The van der Waals surface area contributed by atoms with Crippen LogP contribution in [0.25, 0.3) is 0 Å². The summed E-state index contributed by atoms with van der Waals surface area (Å²) in [5, 5.41) is 5.02. The molecular formula is C27H31BF5N7O2. The van der Waals surface area contributed by atoms with E-state index in [1.165, 1.54) is 24.4 Å². The summed E-state index contributed by atoms with van der Waals surface area (Å²) in [4.78, 5) is 26.1. The number of alkyl halides is 3. The van der Waals surface area contributed by atoms with Gasteiger partial charge < -0.3 is 24.8 Å². The second-order valence-electron chi connectivity index (χ2n) is 10.7. The van der Waals surface area contributed by atoms with Crippen LogP contribution in [0.1, 0.15) is 41.6 Å². The highest BCUT2D eigenvalue weighted by Gasteiger charge is 2.42. The van der Waals surface area contributed by atoms with Gasteiger partial charge in [-0.2, -0.15) is 18.2 Å². The van der Waals surface area contributed by atoms with Gasteiger partial charge in [0.15, 0.2) is 5.69 Å². The average molecular weight is 591 g/mol. The summed E-state index contributed by atoms with van der Waals surface area (Å²) in [6, 6.07) is 7.33. The summed E-state index contributed by atoms with van der Waals surface area (Å²) in [6.45, 7) is 6.22. The van der Waals surface area contributed by atoms with E-state index in [-0.39, 0.29) is 23.3 Å². The third-order valence-electron chi connectivity index (χ3n) is 7.47. The van der Waals surface area contributed by atoms with E-state index >= 15 is 0 Å². The van der Waals surface area contributed by atoms with Crippen molar-refractivity contribution < 1.29 is 31.1 Å². The number of hydrogen-bond acceptors (Lipinski definition) is 8. The van der Waals surface area contributed by atoms with Crippen molar-refractivity contribution in [2.24, 2.45) is 5.92 Å². The van der Waals surface area contributed by atoms with Crippen LogP contribution in [-0.4, -0.2) is 67.2 Å². The summed E-state index contributed by atoms with van der Waals surface area (Å²) >= 11 is 0. The van der Waals surface area contributed by atoms with Crippen molar-refractivity contribution in [3.63, 3.8) is 0 Å². The molecule has 1 atom stereocenters. The Morgan fingerprint density at radius 1 is 1.10 bits per heavy atom. The molecule has 5 rings (SSSR count). The molecule has 0 spiro atoms. The molecule has 0 aliphatic carbocycles.